The van der Waals surface area contributed by atoms with Crippen molar-refractivity contribution in [1.82, 2.24) is 0 Å². The number of carbonyl (C=O) groups is 4. The number of Topliss-reactive ketones (excluding diaryl/α,β-unsaturated/α-hetero) is 4. The summed E-state index contributed by atoms with van der Waals surface area (Å²) < 4.78 is 71.5. The molecule has 0 amide bonds. The third kappa shape index (κ3) is 4.42. The topological polar surface area (TPSA) is 86.7 Å². The van der Waals surface area contributed by atoms with Gasteiger partial charge < -0.3 is 9.47 Å². The summed E-state index contributed by atoms with van der Waals surface area (Å²) in [5, 5.41) is 0. The Balaban J connectivity index is 1.06. The minimum absolute atomic E-state index is 0.170. The molecule has 6 nitrogen and oxygen atoms in total. The maximum atomic E-state index is 14.5. The van der Waals surface area contributed by atoms with E-state index >= 15 is 0 Å². The quantitative estimate of drug-likeness (QED) is 0.0985. The van der Waals surface area contributed by atoms with E-state index in [9.17, 15) is 36.7 Å². The van der Waals surface area contributed by atoms with Crippen molar-refractivity contribution < 1.29 is 46.2 Å². The molecule has 0 unspecified atom stereocenters. The Morgan fingerprint density at radius 2 is 0.981 bits per heavy atom. The number of fused-ring (bicyclic) bond motifs is 11. The predicted molar refractivity (Wildman–Crippen MR) is 200 cm³/mol. The lowest BCUT2D eigenvalue weighted by Gasteiger charge is -2.31. The van der Waals surface area contributed by atoms with E-state index in [1.54, 1.807) is 34.8 Å². The molecule has 54 heavy (non-hydrogen) atoms. The third-order valence-corrected chi connectivity index (χ3v) is 15.0. The molecule has 2 aromatic carbocycles. The lowest BCUT2D eigenvalue weighted by atomic mass is 9.92. The highest BCUT2D eigenvalue weighted by Crippen LogP contribution is 2.62. The predicted octanol–water partition coefficient (Wildman–Crippen LogP) is 11.2. The molecule has 4 aliphatic rings. The van der Waals surface area contributed by atoms with Crippen LogP contribution in [0.3, 0.4) is 0 Å². The van der Waals surface area contributed by atoms with E-state index in [1.807, 2.05) is 27.7 Å². The van der Waals surface area contributed by atoms with Gasteiger partial charge in [-0.3, -0.25) is 19.2 Å². The molecule has 14 heteroatoms. The highest BCUT2D eigenvalue weighted by molar-refractivity contribution is 7.34. The van der Waals surface area contributed by atoms with Crippen LogP contribution in [-0.4, -0.2) is 23.1 Å². The second-order valence-electron chi connectivity index (χ2n) is 14.2. The fraction of sp³-hybridized carbons (Fsp3) is 0.150. The summed E-state index contributed by atoms with van der Waals surface area (Å²) in [5.41, 5.74) is -1.16. The van der Waals surface area contributed by atoms with Crippen molar-refractivity contribution in [3.63, 3.8) is 0 Å². The summed E-state index contributed by atoms with van der Waals surface area (Å²) in [6.07, 6.45) is 2.85. The molecule has 0 N–H and O–H groups in total. The van der Waals surface area contributed by atoms with Crippen molar-refractivity contribution >= 4 is 90.0 Å². The summed E-state index contributed by atoms with van der Waals surface area (Å²) in [6, 6.07) is 6.97. The van der Waals surface area contributed by atoms with E-state index in [4.69, 9.17) is 9.47 Å². The minimum Gasteiger partial charge on any atom is -0.481 e. The molecule has 4 aromatic heterocycles. The molecule has 0 saturated heterocycles. The van der Waals surface area contributed by atoms with Crippen LogP contribution in [0, 0.1) is 23.3 Å². The molecule has 0 spiro atoms. The SMILES string of the molecule is CC1(C)Oc2cc(C=C3C(=O)c4cc(F)c(F)cc4C3=O)sc2-c2sc3c4c(sc3c21)-c1sc(/C=C2\C(=O)c3ccc(F)c(F)c3C2=O)cc1OC4(C)C. The Morgan fingerprint density at radius 3 is 1.46 bits per heavy atom. The molecule has 0 bridgehead atoms. The average molecular weight is 801 g/mol. The monoisotopic (exact) mass is 800 g/mol. The fourth-order valence-corrected chi connectivity index (χ4v) is 13.4. The van der Waals surface area contributed by atoms with Gasteiger partial charge in [0.1, 0.15) is 22.7 Å². The maximum absolute atomic E-state index is 14.5. The first-order valence-corrected chi connectivity index (χ1v) is 19.7. The summed E-state index contributed by atoms with van der Waals surface area (Å²) in [5.74, 6) is -6.68. The number of halogens is 4. The van der Waals surface area contributed by atoms with E-state index in [1.165, 1.54) is 34.8 Å². The highest BCUT2D eigenvalue weighted by Gasteiger charge is 2.45. The molecule has 6 heterocycles. The first kappa shape index (κ1) is 33.5. The smallest absolute Gasteiger partial charge is 0.200 e. The summed E-state index contributed by atoms with van der Waals surface area (Å²) in [6.45, 7) is 7.84. The Morgan fingerprint density at radius 1 is 0.537 bits per heavy atom. The van der Waals surface area contributed by atoms with Gasteiger partial charge in [0.2, 0.25) is 5.78 Å². The van der Waals surface area contributed by atoms with Crippen LogP contribution < -0.4 is 9.47 Å². The molecular weight excluding hydrogens is 781 g/mol. The van der Waals surface area contributed by atoms with Crippen LogP contribution in [0.5, 0.6) is 11.5 Å². The lowest BCUT2D eigenvalue weighted by molar-refractivity contribution is 0.0974. The number of ether oxygens (including phenoxy) is 2. The second-order valence-corrected chi connectivity index (χ2v) is 18.4. The van der Waals surface area contributed by atoms with Gasteiger partial charge in [0, 0.05) is 37.6 Å². The number of hydrogen-bond acceptors (Lipinski definition) is 10. The van der Waals surface area contributed by atoms with Gasteiger partial charge in [-0.05, 0) is 76.2 Å². The van der Waals surface area contributed by atoms with Crippen LogP contribution in [0.1, 0.15) is 90.0 Å². The van der Waals surface area contributed by atoms with Crippen molar-refractivity contribution in [2.24, 2.45) is 0 Å². The van der Waals surface area contributed by atoms with E-state index < -0.39 is 63.2 Å². The molecule has 10 rings (SSSR count). The van der Waals surface area contributed by atoms with Gasteiger partial charge in [0.25, 0.3) is 0 Å². The standard InChI is InChI=1S/C40H20F4O6S4/c1-39(2)26-35(33-23(49-39)9-13(51-33)7-18-30(46)16-11-21(42)22(43)12-17(16)31(18)47)53-38-27-36(54-37(26)38)34-24(50-40(27,3)4)10-14(52-34)8-19-29(45)15-5-6-20(41)28(44)25(15)32(19)48/h5-12H,1-4H3/b19-8+. The Kier molecular flexibility index (Phi) is 6.71. The van der Waals surface area contributed by atoms with Gasteiger partial charge in [-0.2, -0.15) is 0 Å². The van der Waals surface area contributed by atoms with Crippen molar-refractivity contribution in [1.29, 1.82) is 0 Å². The zero-order valence-corrected chi connectivity index (χ0v) is 31.5. The van der Waals surface area contributed by atoms with Crippen molar-refractivity contribution in [2.75, 3.05) is 0 Å². The van der Waals surface area contributed by atoms with Gasteiger partial charge >= 0.3 is 0 Å². The molecule has 268 valence electrons. The molecule has 2 aliphatic heterocycles. The van der Waals surface area contributed by atoms with Crippen molar-refractivity contribution in [3.05, 3.63) is 114 Å². The number of hydrogen-bond donors (Lipinski definition) is 0. The second kappa shape index (κ2) is 10.8. The molecule has 2 aliphatic carbocycles. The van der Waals surface area contributed by atoms with Crippen LogP contribution in [0.25, 0.3) is 41.1 Å². The van der Waals surface area contributed by atoms with Crippen molar-refractivity contribution in [3.8, 4) is 31.0 Å². The number of rotatable bonds is 2. The van der Waals surface area contributed by atoms with Gasteiger partial charge in [-0.15, -0.1) is 45.3 Å². The van der Waals surface area contributed by atoms with Crippen LogP contribution in [0.2, 0.25) is 0 Å². The highest BCUT2D eigenvalue weighted by atomic mass is 32.1. The minimum atomic E-state index is -1.34. The molecule has 0 radical (unpaired) electrons. The first-order chi connectivity index (χ1) is 25.5. The molecule has 0 atom stereocenters. The van der Waals surface area contributed by atoms with Gasteiger partial charge in [0.05, 0.1) is 45.6 Å². The zero-order valence-electron chi connectivity index (χ0n) is 28.2. The molecule has 0 saturated carbocycles. The van der Waals surface area contributed by atoms with Crippen LogP contribution >= 0.6 is 45.3 Å². The molecular formula is C40H20F4O6S4. The summed E-state index contributed by atoms with van der Waals surface area (Å²) >= 11 is 5.83. The number of ketones is 4. The van der Waals surface area contributed by atoms with Crippen LogP contribution in [-0.2, 0) is 11.2 Å². The van der Waals surface area contributed by atoms with E-state index in [-0.39, 0.29) is 27.8 Å². The first-order valence-electron chi connectivity index (χ1n) is 16.4. The summed E-state index contributed by atoms with van der Waals surface area (Å²) in [4.78, 5) is 57.1. The lowest BCUT2D eigenvalue weighted by Crippen LogP contribution is -2.28. The number of allylic oxidation sites excluding steroid dienone is 2. The van der Waals surface area contributed by atoms with Crippen LogP contribution in [0.4, 0.5) is 17.6 Å². The average Bonchev–Trinajstić information content (AvgIpc) is 3.92. The van der Waals surface area contributed by atoms with E-state index in [0.29, 0.717) is 21.3 Å². The zero-order chi connectivity index (χ0) is 37.9. The normalized spacial score (nSPS) is 18.0. The number of benzene rings is 2. The maximum Gasteiger partial charge on any atom is 0.200 e. The number of thiophene rings is 4. The fourth-order valence-electron chi connectivity index (χ4n) is 7.60. The van der Waals surface area contributed by atoms with E-state index in [0.717, 1.165) is 64.3 Å². The Labute approximate surface area is 318 Å². The van der Waals surface area contributed by atoms with E-state index in [2.05, 4.69) is 0 Å². The summed E-state index contributed by atoms with van der Waals surface area (Å²) in [7, 11) is 0. The largest absolute Gasteiger partial charge is 0.481 e. The Hall–Kier alpha value is -5.02. The van der Waals surface area contributed by atoms with Crippen LogP contribution in [0.15, 0.2) is 47.5 Å². The molecule has 0 fully saturated rings. The molecule has 6 aromatic rings. The van der Waals surface area contributed by atoms with Gasteiger partial charge in [0.15, 0.2) is 40.6 Å². The van der Waals surface area contributed by atoms with Crippen molar-refractivity contribution in [2.45, 2.75) is 38.9 Å². The van der Waals surface area contributed by atoms with Gasteiger partial charge in [-0.25, -0.2) is 17.6 Å². The third-order valence-electron chi connectivity index (χ3n) is 9.97. The number of carbonyl (C=O) groups excluding carboxylic acids is 4. The van der Waals surface area contributed by atoms with Gasteiger partial charge in [-0.1, -0.05) is 0 Å². The Bertz CT molecular complexity index is 2870.